The van der Waals surface area contributed by atoms with Gasteiger partial charge < -0.3 is 10.2 Å². The number of sulfone groups is 1. The molecule has 1 saturated heterocycles. The third kappa shape index (κ3) is 5.48. The Morgan fingerprint density at radius 3 is 2.37 bits per heavy atom. The Bertz CT molecular complexity index is 410. The molecule has 1 saturated carbocycles. The molecule has 0 atom stereocenters. The van der Waals surface area contributed by atoms with Crippen molar-refractivity contribution in [1.29, 1.82) is 0 Å². The third-order valence-electron chi connectivity index (χ3n) is 3.93. The van der Waals surface area contributed by atoms with E-state index < -0.39 is 9.84 Å². The van der Waals surface area contributed by atoms with Gasteiger partial charge in [-0.1, -0.05) is 0 Å². The van der Waals surface area contributed by atoms with Crippen LogP contribution in [0.2, 0.25) is 0 Å². The molecule has 0 aromatic rings. The van der Waals surface area contributed by atoms with Crippen molar-refractivity contribution in [3.05, 3.63) is 0 Å². The van der Waals surface area contributed by atoms with Crippen LogP contribution in [0.1, 0.15) is 32.1 Å². The molecule has 1 aliphatic carbocycles. The van der Waals surface area contributed by atoms with Crippen LogP contribution in [0.15, 0.2) is 0 Å². The van der Waals surface area contributed by atoms with E-state index in [9.17, 15) is 13.2 Å². The van der Waals surface area contributed by atoms with Gasteiger partial charge in [0, 0.05) is 31.8 Å². The largest absolute Gasteiger partial charge is 0.343 e. The molecule has 0 bridgehead atoms. The van der Waals surface area contributed by atoms with Gasteiger partial charge in [0.1, 0.15) is 9.84 Å². The first-order valence-corrected chi connectivity index (χ1v) is 9.19. The summed E-state index contributed by atoms with van der Waals surface area (Å²) in [5.41, 5.74) is 0. The van der Waals surface area contributed by atoms with Gasteiger partial charge in [-0.3, -0.25) is 4.79 Å². The zero-order valence-corrected chi connectivity index (χ0v) is 12.4. The summed E-state index contributed by atoms with van der Waals surface area (Å²) in [6.07, 6.45) is 5.98. The van der Waals surface area contributed by atoms with Crippen LogP contribution >= 0.6 is 0 Å². The molecule has 1 amide bonds. The fraction of sp³-hybridized carbons (Fsp3) is 0.923. The molecule has 6 heteroatoms. The molecule has 0 unspecified atom stereocenters. The van der Waals surface area contributed by atoms with Crippen LogP contribution in [-0.2, 0) is 14.6 Å². The van der Waals surface area contributed by atoms with Crippen LogP contribution in [0, 0.1) is 5.92 Å². The SMILES string of the molecule is CS(=O)(=O)CCC(=O)N1CCC(NCC2CC2)CC1. The van der Waals surface area contributed by atoms with E-state index >= 15 is 0 Å². The highest BCUT2D eigenvalue weighted by atomic mass is 32.2. The monoisotopic (exact) mass is 288 g/mol. The predicted molar refractivity (Wildman–Crippen MR) is 74.7 cm³/mol. The van der Waals surface area contributed by atoms with Crippen LogP contribution in [0.5, 0.6) is 0 Å². The lowest BCUT2D eigenvalue weighted by atomic mass is 10.0. The zero-order valence-electron chi connectivity index (χ0n) is 11.6. The second kappa shape index (κ2) is 6.22. The van der Waals surface area contributed by atoms with E-state index in [2.05, 4.69) is 5.32 Å². The van der Waals surface area contributed by atoms with Gasteiger partial charge in [-0.15, -0.1) is 0 Å². The number of amides is 1. The van der Waals surface area contributed by atoms with Gasteiger partial charge in [-0.2, -0.15) is 0 Å². The molecule has 19 heavy (non-hydrogen) atoms. The first kappa shape index (κ1) is 14.8. The molecular formula is C13H24N2O3S. The van der Waals surface area contributed by atoms with Gasteiger partial charge in [0.05, 0.1) is 5.75 Å². The molecule has 2 aliphatic rings. The minimum absolute atomic E-state index is 0.0222. The molecule has 1 heterocycles. The van der Waals surface area contributed by atoms with Crippen molar-refractivity contribution in [1.82, 2.24) is 10.2 Å². The fourth-order valence-electron chi connectivity index (χ4n) is 2.42. The Morgan fingerprint density at radius 2 is 1.84 bits per heavy atom. The molecule has 1 N–H and O–H groups in total. The first-order chi connectivity index (χ1) is 8.94. The number of likely N-dealkylation sites (tertiary alicyclic amines) is 1. The number of nitrogens with one attached hydrogen (secondary N) is 1. The van der Waals surface area contributed by atoms with Gasteiger partial charge in [0.15, 0.2) is 0 Å². The average molecular weight is 288 g/mol. The molecule has 2 rings (SSSR count). The molecule has 0 spiro atoms. The molecule has 0 aromatic carbocycles. The Balaban J connectivity index is 1.65. The highest BCUT2D eigenvalue weighted by Gasteiger charge is 2.26. The van der Waals surface area contributed by atoms with Crippen molar-refractivity contribution in [2.45, 2.75) is 38.1 Å². The van der Waals surface area contributed by atoms with E-state index in [1.165, 1.54) is 19.1 Å². The number of piperidine rings is 1. The Kier molecular flexibility index (Phi) is 4.84. The van der Waals surface area contributed by atoms with Gasteiger partial charge in [0.2, 0.25) is 5.91 Å². The van der Waals surface area contributed by atoms with Crippen molar-refractivity contribution in [3.63, 3.8) is 0 Å². The molecule has 0 aromatic heterocycles. The van der Waals surface area contributed by atoms with Crippen LogP contribution in [0.3, 0.4) is 0 Å². The maximum atomic E-state index is 11.9. The number of hydrogen-bond acceptors (Lipinski definition) is 4. The van der Waals surface area contributed by atoms with Crippen LogP contribution in [0.4, 0.5) is 0 Å². The second-order valence-corrected chi connectivity index (χ2v) is 8.15. The Labute approximate surface area is 115 Å². The summed E-state index contributed by atoms with van der Waals surface area (Å²) >= 11 is 0. The van der Waals surface area contributed by atoms with Gasteiger partial charge in [0.25, 0.3) is 0 Å². The van der Waals surface area contributed by atoms with Crippen molar-refractivity contribution in [2.24, 2.45) is 5.92 Å². The number of carbonyl (C=O) groups excluding carboxylic acids is 1. The minimum Gasteiger partial charge on any atom is -0.343 e. The summed E-state index contributed by atoms with van der Waals surface area (Å²) in [6.45, 7) is 2.63. The summed E-state index contributed by atoms with van der Waals surface area (Å²) in [5, 5.41) is 3.57. The van der Waals surface area contributed by atoms with Crippen molar-refractivity contribution in [2.75, 3.05) is 31.6 Å². The maximum absolute atomic E-state index is 11.9. The summed E-state index contributed by atoms with van der Waals surface area (Å²) in [6, 6.07) is 0.527. The van der Waals surface area contributed by atoms with E-state index in [4.69, 9.17) is 0 Å². The van der Waals surface area contributed by atoms with E-state index in [-0.39, 0.29) is 18.1 Å². The standard InChI is InChI=1S/C13H24N2O3S/c1-19(17,18)9-6-13(16)15-7-4-12(5-8-15)14-10-11-2-3-11/h11-12,14H,2-10H2,1H3. The molecular weight excluding hydrogens is 264 g/mol. The minimum atomic E-state index is -3.04. The van der Waals surface area contributed by atoms with E-state index in [1.54, 1.807) is 4.90 Å². The van der Waals surface area contributed by atoms with Gasteiger partial charge in [-0.05, 0) is 38.1 Å². The van der Waals surface area contributed by atoms with Gasteiger partial charge >= 0.3 is 0 Å². The fourth-order valence-corrected chi connectivity index (χ4v) is 2.96. The predicted octanol–water partition coefficient (Wildman–Crippen LogP) is 0.412. The highest BCUT2D eigenvalue weighted by Crippen LogP contribution is 2.28. The maximum Gasteiger partial charge on any atom is 0.223 e. The molecule has 2 fully saturated rings. The molecule has 1 aliphatic heterocycles. The van der Waals surface area contributed by atoms with Crippen molar-refractivity contribution >= 4 is 15.7 Å². The number of nitrogens with zero attached hydrogens (tertiary/aromatic N) is 1. The Hall–Kier alpha value is -0.620. The molecule has 5 nitrogen and oxygen atoms in total. The second-order valence-electron chi connectivity index (χ2n) is 5.89. The van der Waals surface area contributed by atoms with Crippen LogP contribution < -0.4 is 5.32 Å². The topological polar surface area (TPSA) is 66.5 Å². The average Bonchev–Trinajstić information content (AvgIpc) is 3.17. The smallest absolute Gasteiger partial charge is 0.223 e. The molecule has 110 valence electrons. The first-order valence-electron chi connectivity index (χ1n) is 7.13. The lowest BCUT2D eigenvalue weighted by molar-refractivity contribution is -0.131. The Morgan fingerprint density at radius 1 is 1.21 bits per heavy atom. The van der Waals surface area contributed by atoms with Crippen molar-refractivity contribution in [3.8, 4) is 0 Å². The summed E-state index contributed by atoms with van der Waals surface area (Å²) in [4.78, 5) is 13.7. The van der Waals surface area contributed by atoms with Gasteiger partial charge in [-0.25, -0.2) is 8.42 Å². The highest BCUT2D eigenvalue weighted by molar-refractivity contribution is 7.90. The molecule has 0 radical (unpaired) electrons. The van der Waals surface area contributed by atoms with Crippen molar-refractivity contribution < 1.29 is 13.2 Å². The summed E-state index contributed by atoms with van der Waals surface area (Å²) < 4.78 is 22.1. The lowest BCUT2D eigenvalue weighted by Gasteiger charge is -2.32. The number of rotatable bonds is 6. The summed E-state index contributed by atoms with van der Waals surface area (Å²) in [7, 11) is -3.04. The van der Waals surface area contributed by atoms with Crippen LogP contribution in [-0.4, -0.2) is 56.9 Å². The number of carbonyl (C=O) groups is 1. The van der Waals surface area contributed by atoms with E-state index in [1.807, 2.05) is 0 Å². The zero-order chi connectivity index (χ0) is 13.9. The normalized spacial score (nSPS) is 21.6. The summed E-state index contributed by atoms with van der Waals surface area (Å²) in [5.74, 6) is 0.826. The van der Waals surface area contributed by atoms with E-state index in [0.29, 0.717) is 6.04 Å². The van der Waals surface area contributed by atoms with E-state index in [0.717, 1.165) is 38.4 Å². The van der Waals surface area contributed by atoms with Crippen LogP contribution in [0.25, 0.3) is 0 Å². The third-order valence-corrected chi connectivity index (χ3v) is 4.87. The lowest BCUT2D eigenvalue weighted by Crippen LogP contribution is -2.45. The number of hydrogen-bond donors (Lipinski definition) is 1. The quantitative estimate of drug-likeness (QED) is 0.769.